The summed E-state index contributed by atoms with van der Waals surface area (Å²) in [5.41, 5.74) is 8.27. The summed E-state index contributed by atoms with van der Waals surface area (Å²) in [6.07, 6.45) is 0.764. The number of anilines is 1. The minimum absolute atomic E-state index is 0.118. The number of hydrogen-bond donors (Lipinski definition) is 2. The van der Waals surface area contributed by atoms with Crippen molar-refractivity contribution in [3.63, 3.8) is 0 Å². The van der Waals surface area contributed by atoms with E-state index in [-0.39, 0.29) is 12.6 Å². The topological polar surface area (TPSA) is 75.3 Å². The van der Waals surface area contributed by atoms with Gasteiger partial charge in [0.2, 0.25) is 0 Å². The molecule has 0 unspecified atom stereocenters. The maximum atomic E-state index is 9.04. The van der Waals surface area contributed by atoms with E-state index in [1.54, 1.807) is 0 Å². The molecule has 0 amide bonds. The van der Waals surface area contributed by atoms with Crippen LogP contribution in [-0.4, -0.2) is 40.8 Å². The van der Waals surface area contributed by atoms with Gasteiger partial charge >= 0.3 is 0 Å². The first-order chi connectivity index (χ1) is 8.52. The smallest absolute Gasteiger partial charge is 0.135 e. The molecular formula is C13H22N4O. The Morgan fingerprint density at radius 1 is 1.28 bits per heavy atom. The SMILES string of the molecule is Cc1nc(C)c(C)c(N2C[C@H](CCO)[C@@H](N)C2)n1. The molecule has 0 spiro atoms. The fourth-order valence-electron chi connectivity index (χ4n) is 2.60. The third-order valence-electron chi connectivity index (χ3n) is 3.77. The molecule has 5 nitrogen and oxygen atoms in total. The predicted octanol–water partition coefficient (Wildman–Crippen LogP) is 0.548. The van der Waals surface area contributed by atoms with Gasteiger partial charge in [-0.3, -0.25) is 0 Å². The lowest BCUT2D eigenvalue weighted by Gasteiger charge is -2.20. The van der Waals surface area contributed by atoms with Crippen molar-refractivity contribution in [2.45, 2.75) is 33.2 Å². The number of nitrogens with zero attached hydrogens (tertiary/aromatic N) is 3. The maximum absolute atomic E-state index is 9.04. The standard InChI is InChI=1S/C13H22N4O/c1-8-9(2)15-10(3)16-13(8)17-6-11(4-5-18)12(14)7-17/h11-12,18H,4-7,14H2,1-3H3/t11-,12-/m0/s1. The number of aliphatic hydroxyl groups is 1. The van der Waals surface area contributed by atoms with E-state index in [1.165, 1.54) is 0 Å². The highest BCUT2D eigenvalue weighted by Crippen LogP contribution is 2.27. The summed E-state index contributed by atoms with van der Waals surface area (Å²) >= 11 is 0. The first-order valence-electron chi connectivity index (χ1n) is 6.46. The molecule has 1 aliphatic heterocycles. The zero-order chi connectivity index (χ0) is 13.3. The van der Waals surface area contributed by atoms with Gasteiger partial charge in [0.1, 0.15) is 11.6 Å². The fraction of sp³-hybridized carbons (Fsp3) is 0.692. The van der Waals surface area contributed by atoms with Crippen LogP contribution in [0.25, 0.3) is 0 Å². The average molecular weight is 250 g/mol. The van der Waals surface area contributed by atoms with Crippen molar-refractivity contribution in [1.29, 1.82) is 0 Å². The third kappa shape index (κ3) is 2.47. The van der Waals surface area contributed by atoms with Crippen molar-refractivity contribution in [2.75, 3.05) is 24.6 Å². The quantitative estimate of drug-likeness (QED) is 0.819. The zero-order valence-corrected chi connectivity index (χ0v) is 11.3. The average Bonchev–Trinajstić information content (AvgIpc) is 2.66. The van der Waals surface area contributed by atoms with Gasteiger partial charge in [-0.1, -0.05) is 0 Å². The molecule has 0 radical (unpaired) electrons. The van der Waals surface area contributed by atoms with Gasteiger partial charge in [0, 0.05) is 37.0 Å². The van der Waals surface area contributed by atoms with Crippen LogP contribution in [0.15, 0.2) is 0 Å². The van der Waals surface area contributed by atoms with Crippen molar-refractivity contribution in [3.8, 4) is 0 Å². The van der Waals surface area contributed by atoms with Crippen molar-refractivity contribution >= 4 is 5.82 Å². The van der Waals surface area contributed by atoms with Crippen molar-refractivity contribution in [1.82, 2.24) is 9.97 Å². The molecule has 1 fully saturated rings. The fourth-order valence-corrected chi connectivity index (χ4v) is 2.60. The van der Waals surface area contributed by atoms with E-state index in [4.69, 9.17) is 10.8 Å². The Balaban J connectivity index is 2.23. The molecule has 2 heterocycles. The van der Waals surface area contributed by atoms with E-state index in [2.05, 4.69) is 21.8 Å². The van der Waals surface area contributed by atoms with Gasteiger partial charge in [-0.2, -0.15) is 0 Å². The van der Waals surface area contributed by atoms with Crippen LogP contribution in [0.2, 0.25) is 0 Å². The van der Waals surface area contributed by atoms with E-state index >= 15 is 0 Å². The number of hydrogen-bond acceptors (Lipinski definition) is 5. The Labute approximate surface area is 108 Å². The van der Waals surface area contributed by atoms with Crippen molar-refractivity contribution < 1.29 is 5.11 Å². The second-order valence-corrected chi connectivity index (χ2v) is 5.15. The highest BCUT2D eigenvalue weighted by atomic mass is 16.3. The minimum Gasteiger partial charge on any atom is -0.396 e. The molecular weight excluding hydrogens is 228 g/mol. The van der Waals surface area contributed by atoms with Crippen LogP contribution >= 0.6 is 0 Å². The summed E-state index contributed by atoms with van der Waals surface area (Å²) in [4.78, 5) is 11.1. The lowest BCUT2D eigenvalue weighted by molar-refractivity contribution is 0.257. The monoisotopic (exact) mass is 250 g/mol. The molecule has 100 valence electrons. The summed E-state index contributed by atoms with van der Waals surface area (Å²) in [5.74, 6) is 2.15. The van der Waals surface area contributed by atoms with Gasteiger partial charge in [0.25, 0.3) is 0 Å². The molecule has 1 aromatic rings. The number of aliphatic hydroxyl groups excluding tert-OH is 1. The van der Waals surface area contributed by atoms with Crippen molar-refractivity contribution in [3.05, 3.63) is 17.1 Å². The third-order valence-corrected chi connectivity index (χ3v) is 3.77. The maximum Gasteiger partial charge on any atom is 0.135 e. The number of aryl methyl sites for hydroxylation is 2. The molecule has 3 N–H and O–H groups in total. The van der Waals surface area contributed by atoms with Gasteiger partial charge in [-0.05, 0) is 33.1 Å². The molecule has 1 aliphatic rings. The second-order valence-electron chi connectivity index (χ2n) is 5.15. The van der Waals surface area contributed by atoms with Gasteiger partial charge in [0.05, 0.1) is 0 Å². The number of rotatable bonds is 3. The largest absolute Gasteiger partial charge is 0.396 e. The first-order valence-corrected chi connectivity index (χ1v) is 6.46. The predicted molar refractivity (Wildman–Crippen MR) is 71.6 cm³/mol. The first kappa shape index (κ1) is 13.2. The highest BCUT2D eigenvalue weighted by Gasteiger charge is 2.31. The van der Waals surface area contributed by atoms with Crippen LogP contribution < -0.4 is 10.6 Å². The molecule has 0 aliphatic carbocycles. The van der Waals surface area contributed by atoms with Gasteiger partial charge in [-0.15, -0.1) is 0 Å². The lowest BCUT2D eigenvalue weighted by Crippen LogP contribution is -2.30. The molecule has 1 saturated heterocycles. The molecule has 0 bridgehead atoms. The Morgan fingerprint density at radius 2 is 2.00 bits per heavy atom. The van der Waals surface area contributed by atoms with Gasteiger partial charge in [0.15, 0.2) is 0 Å². The highest BCUT2D eigenvalue weighted by molar-refractivity contribution is 5.49. The van der Waals surface area contributed by atoms with Crippen LogP contribution in [0.5, 0.6) is 0 Å². The van der Waals surface area contributed by atoms with Crippen LogP contribution in [-0.2, 0) is 0 Å². The summed E-state index contributed by atoms with van der Waals surface area (Å²) in [7, 11) is 0. The summed E-state index contributed by atoms with van der Waals surface area (Å²) in [6, 6.07) is 0.118. The number of aromatic nitrogens is 2. The molecule has 0 saturated carbocycles. The van der Waals surface area contributed by atoms with Gasteiger partial charge < -0.3 is 15.7 Å². The molecule has 1 aromatic heterocycles. The van der Waals surface area contributed by atoms with E-state index in [1.807, 2.05) is 13.8 Å². The van der Waals surface area contributed by atoms with E-state index in [9.17, 15) is 0 Å². The molecule has 0 aromatic carbocycles. The van der Waals surface area contributed by atoms with E-state index in [0.717, 1.165) is 42.4 Å². The Morgan fingerprint density at radius 3 is 2.67 bits per heavy atom. The van der Waals surface area contributed by atoms with Crippen LogP contribution in [0.3, 0.4) is 0 Å². The summed E-state index contributed by atoms with van der Waals surface area (Å²) < 4.78 is 0. The Bertz CT molecular complexity index is 435. The molecule has 2 rings (SSSR count). The van der Waals surface area contributed by atoms with Gasteiger partial charge in [-0.25, -0.2) is 9.97 Å². The zero-order valence-electron chi connectivity index (χ0n) is 11.3. The summed E-state index contributed by atoms with van der Waals surface area (Å²) in [5, 5.41) is 9.04. The van der Waals surface area contributed by atoms with Crippen LogP contribution in [0, 0.1) is 26.7 Å². The van der Waals surface area contributed by atoms with E-state index in [0.29, 0.717) is 5.92 Å². The second kappa shape index (κ2) is 5.20. The number of nitrogens with two attached hydrogens (primary N) is 1. The van der Waals surface area contributed by atoms with Crippen LogP contribution in [0.4, 0.5) is 5.82 Å². The Kier molecular flexibility index (Phi) is 3.82. The van der Waals surface area contributed by atoms with Crippen molar-refractivity contribution in [2.24, 2.45) is 11.7 Å². The lowest BCUT2D eigenvalue weighted by atomic mass is 10.0. The Hall–Kier alpha value is -1.20. The van der Waals surface area contributed by atoms with Crippen LogP contribution in [0.1, 0.15) is 23.5 Å². The normalized spacial score (nSPS) is 23.7. The summed E-state index contributed by atoms with van der Waals surface area (Å²) in [6.45, 7) is 7.85. The molecule has 18 heavy (non-hydrogen) atoms. The minimum atomic E-state index is 0.118. The molecule has 2 atom stereocenters. The van der Waals surface area contributed by atoms with E-state index < -0.39 is 0 Å². The molecule has 5 heteroatoms.